The normalized spacial score (nSPS) is 18.6. The van der Waals surface area contributed by atoms with Gasteiger partial charge in [0.15, 0.2) is 0 Å². The average molecular weight is 487 g/mol. The number of alkyl halides is 1. The summed E-state index contributed by atoms with van der Waals surface area (Å²) in [4.78, 5) is 21.4. The van der Waals surface area contributed by atoms with Gasteiger partial charge < -0.3 is 4.74 Å². The molecule has 28 heavy (non-hydrogen) atoms. The summed E-state index contributed by atoms with van der Waals surface area (Å²) in [7, 11) is 0. The average Bonchev–Trinajstić information content (AvgIpc) is 2.65. The molecule has 0 spiro atoms. The molecule has 150 valence electrons. The third kappa shape index (κ3) is 6.76. The minimum atomic E-state index is -0.425. The van der Waals surface area contributed by atoms with Crippen LogP contribution in [0, 0.1) is 0 Å². The zero-order valence-electron chi connectivity index (χ0n) is 15.9. The maximum atomic E-state index is 11.4. The monoisotopic (exact) mass is 485 g/mol. The Morgan fingerprint density at radius 3 is 2.71 bits per heavy atom. The molecule has 1 aromatic rings. The van der Waals surface area contributed by atoms with E-state index >= 15 is 0 Å². The zero-order valence-corrected chi connectivity index (χ0v) is 19.0. The van der Waals surface area contributed by atoms with Gasteiger partial charge in [-0.3, -0.25) is 14.9 Å². The first-order valence-electron chi connectivity index (χ1n) is 8.67. The molecular formula is C20H22BrCl2N3O2. The van der Waals surface area contributed by atoms with Gasteiger partial charge in [0.05, 0.1) is 17.3 Å². The van der Waals surface area contributed by atoms with Crippen LogP contribution in [0.15, 0.2) is 53.8 Å². The largest absolute Gasteiger partial charge is 0.443 e. The van der Waals surface area contributed by atoms with Gasteiger partial charge in [-0.25, -0.2) is 4.79 Å². The number of halogens is 3. The molecule has 0 radical (unpaired) electrons. The van der Waals surface area contributed by atoms with E-state index in [4.69, 9.17) is 27.9 Å². The van der Waals surface area contributed by atoms with Gasteiger partial charge in [-0.1, -0.05) is 29.8 Å². The molecule has 1 amide bonds. The number of amides is 1. The molecule has 0 saturated carbocycles. The van der Waals surface area contributed by atoms with Gasteiger partial charge in [0.1, 0.15) is 15.6 Å². The Hall–Kier alpha value is -1.63. The number of rotatable bonds is 1. The minimum Gasteiger partial charge on any atom is -0.443 e. The lowest BCUT2D eigenvalue weighted by molar-refractivity contribution is 0.0350. The Morgan fingerprint density at radius 1 is 1.36 bits per heavy atom. The number of dihydropyridines is 1. The van der Waals surface area contributed by atoms with Crippen molar-refractivity contribution in [3.05, 3.63) is 59.6 Å². The summed E-state index contributed by atoms with van der Waals surface area (Å²) in [6, 6.07) is 3.59. The van der Waals surface area contributed by atoms with Crippen molar-refractivity contribution in [3.8, 4) is 0 Å². The van der Waals surface area contributed by atoms with E-state index in [1.165, 1.54) is 4.90 Å². The number of aliphatic imine (C=N–C) groups is 1. The van der Waals surface area contributed by atoms with Crippen molar-refractivity contribution in [2.45, 2.75) is 31.7 Å². The van der Waals surface area contributed by atoms with Crippen LogP contribution in [0.25, 0.3) is 5.57 Å². The van der Waals surface area contributed by atoms with E-state index in [1.54, 1.807) is 24.5 Å². The maximum Gasteiger partial charge on any atom is 0.414 e. The lowest BCUT2D eigenvalue weighted by atomic mass is 10.1. The topological polar surface area (TPSA) is 54.8 Å². The number of pyridine rings is 1. The van der Waals surface area contributed by atoms with E-state index in [1.807, 2.05) is 45.1 Å². The third-order valence-electron chi connectivity index (χ3n) is 3.51. The summed E-state index contributed by atoms with van der Waals surface area (Å²) >= 11 is 15.6. The number of ether oxygens (including phenoxy) is 1. The van der Waals surface area contributed by atoms with E-state index < -0.39 is 5.60 Å². The lowest BCUT2D eigenvalue weighted by Gasteiger charge is -2.25. The Balaban J connectivity index is 0.000000203. The highest BCUT2D eigenvalue weighted by molar-refractivity contribution is 9.18. The Kier molecular flexibility index (Phi) is 8.28. The molecular weight excluding hydrogens is 465 g/mol. The Bertz CT molecular complexity index is 829. The molecule has 5 nitrogen and oxygen atoms in total. The molecule has 0 saturated heterocycles. The summed E-state index contributed by atoms with van der Waals surface area (Å²) in [6.07, 6.45) is 10.7. The number of hydrogen-bond donors (Lipinski definition) is 0. The van der Waals surface area contributed by atoms with Crippen LogP contribution in [0.3, 0.4) is 0 Å². The lowest BCUT2D eigenvalue weighted by Crippen LogP contribution is -2.34. The standard InChI is InChI=1S/C10H7BrCl2N2.C10H15NO2/c11-10-8(13)6(3-5-15-10)9-7(12)2-1-4-14-9;1-10(2,3)13-9(12)11-7-5-4-6-8-11/h1-4,8H,5H2;4-7H,8H2,1-3H3. The number of aromatic nitrogens is 1. The molecule has 2 aliphatic heterocycles. The molecule has 1 aromatic heterocycles. The third-order valence-corrected chi connectivity index (χ3v) is 5.23. The second-order valence-electron chi connectivity index (χ2n) is 6.92. The molecule has 2 aliphatic rings. The Morgan fingerprint density at radius 2 is 2.11 bits per heavy atom. The first-order chi connectivity index (χ1) is 13.2. The molecule has 1 unspecified atom stereocenters. The van der Waals surface area contributed by atoms with E-state index in [0.717, 1.165) is 15.9 Å². The molecule has 0 N–H and O–H groups in total. The first kappa shape index (κ1) is 22.7. The second kappa shape index (κ2) is 10.2. The van der Waals surface area contributed by atoms with E-state index in [0.29, 0.717) is 18.1 Å². The van der Waals surface area contributed by atoms with Gasteiger partial charge in [-0.15, -0.1) is 11.6 Å². The van der Waals surface area contributed by atoms with E-state index in [-0.39, 0.29) is 11.5 Å². The van der Waals surface area contributed by atoms with Crippen molar-refractivity contribution in [1.82, 2.24) is 9.88 Å². The Labute approximate surface area is 183 Å². The molecule has 0 aromatic carbocycles. The SMILES string of the molecule is CC(C)(C)OC(=O)N1C=CC=CC1.Clc1cccnc1C1=CCN=C(Br)C1Cl. The zero-order chi connectivity index (χ0) is 20.7. The van der Waals surface area contributed by atoms with Crippen molar-refractivity contribution in [2.75, 3.05) is 13.1 Å². The molecule has 8 heteroatoms. The van der Waals surface area contributed by atoms with Crippen molar-refractivity contribution < 1.29 is 9.53 Å². The van der Waals surface area contributed by atoms with Crippen molar-refractivity contribution >= 4 is 55.4 Å². The van der Waals surface area contributed by atoms with Gasteiger partial charge in [-0.2, -0.15) is 0 Å². The number of carbonyl (C=O) groups is 1. The summed E-state index contributed by atoms with van der Waals surface area (Å²) in [5.41, 5.74) is 1.21. The number of hydrogen-bond acceptors (Lipinski definition) is 4. The van der Waals surface area contributed by atoms with Gasteiger partial charge >= 0.3 is 6.09 Å². The number of allylic oxidation sites excluding steroid dienone is 3. The van der Waals surface area contributed by atoms with Crippen molar-refractivity contribution in [2.24, 2.45) is 4.99 Å². The number of nitrogens with zero attached hydrogens (tertiary/aromatic N) is 3. The summed E-state index contributed by atoms with van der Waals surface area (Å²) in [5.74, 6) is 0. The van der Waals surface area contributed by atoms with Crippen LogP contribution in [-0.2, 0) is 4.74 Å². The predicted octanol–water partition coefficient (Wildman–Crippen LogP) is 5.84. The number of carbonyl (C=O) groups excluding carboxylic acids is 1. The maximum absolute atomic E-state index is 11.4. The fourth-order valence-corrected chi connectivity index (χ4v) is 3.16. The minimum absolute atomic E-state index is 0.298. The van der Waals surface area contributed by atoms with Crippen LogP contribution >= 0.6 is 39.1 Å². The fourth-order valence-electron chi connectivity index (χ4n) is 2.28. The predicted molar refractivity (Wildman–Crippen MR) is 119 cm³/mol. The summed E-state index contributed by atoms with van der Waals surface area (Å²) in [6.45, 7) is 6.76. The van der Waals surface area contributed by atoms with Gasteiger partial charge in [-0.05, 0) is 54.9 Å². The van der Waals surface area contributed by atoms with Crippen LogP contribution in [0.5, 0.6) is 0 Å². The van der Waals surface area contributed by atoms with Crippen LogP contribution in [0.4, 0.5) is 4.79 Å². The molecule has 1 atom stereocenters. The van der Waals surface area contributed by atoms with E-state index in [9.17, 15) is 4.79 Å². The smallest absolute Gasteiger partial charge is 0.414 e. The van der Waals surface area contributed by atoms with Gasteiger partial charge in [0.25, 0.3) is 0 Å². The molecule has 3 heterocycles. The molecule has 0 bridgehead atoms. The molecule has 0 fully saturated rings. The highest BCUT2D eigenvalue weighted by atomic mass is 79.9. The van der Waals surface area contributed by atoms with Crippen LogP contribution in [-0.4, -0.2) is 44.7 Å². The van der Waals surface area contributed by atoms with Crippen LogP contribution < -0.4 is 0 Å². The first-order valence-corrected chi connectivity index (χ1v) is 10.3. The highest BCUT2D eigenvalue weighted by Gasteiger charge is 2.23. The summed E-state index contributed by atoms with van der Waals surface area (Å²) in [5, 5.41) is 0.308. The fraction of sp³-hybridized carbons (Fsp3) is 0.350. The highest BCUT2D eigenvalue weighted by Crippen LogP contribution is 2.30. The van der Waals surface area contributed by atoms with Crippen LogP contribution in [0.2, 0.25) is 5.02 Å². The quantitative estimate of drug-likeness (QED) is 0.468. The van der Waals surface area contributed by atoms with Crippen LogP contribution in [0.1, 0.15) is 26.5 Å². The van der Waals surface area contributed by atoms with Crippen molar-refractivity contribution in [1.29, 1.82) is 0 Å². The second-order valence-corrected chi connectivity index (χ2v) is 8.58. The van der Waals surface area contributed by atoms with Gasteiger partial charge in [0.2, 0.25) is 0 Å². The summed E-state index contributed by atoms with van der Waals surface area (Å²) < 4.78 is 5.90. The van der Waals surface area contributed by atoms with E-state index in [2.05, 4.69) is 25.9 Å². The van der Waals surface area contributed by atoms with Crippen molar-refractivity contribution in [3.63, 3.8) is 0 Å². The molecule has 0 aliphatic carbocycles. The molecule has 3 rings (SSSR count). The van der Waals surface area contributed by atoms with Gasteiger partial charge in [0, 0.05) is 24.5 Å².